The molecule has 0 radical (unpaired) electrons. The lowest BCUT2D eigenvalue weighted by Crippen LogP contribution is -2.27. The molecule has 0 amide bonds. The Morgan fingerprint density at radius 3 is 2.94 bits per heavy atom. The van der Waals surface area contributed by atoms with Crippen LogP contribution in [0.2, 0.25) is 0 Å². The molecule has 0 aromatic carbocycles. The Balaban J connectivity index is 2.64. The van der Waals surface area contributed by atoms with Crippen LogP contribution in [-0.4, -0.2) is 38.3 Å². The Kier molecular flexibility index (Phi) is 4.57. The summed E-state index contributed by atoms with van der Waals surface area (Å²) >= 11 is 0. The second-order valence-electron chi connectivity index (χ2n) is 3.22. The lowest BCUT2D eigenvalue weighted by Gasteiger charge is -2.18. The predicted molar refractivity (Wildman–Crippen MR) is 60.7 cm³/mol. The molecule has 0 saturated heterocycles. The number of hydrogen-bond donors (Lipinski definition) is 0. The Hall–Kier alpha value is -1.78. The molecule has 1 rings (SSSR count). The summed E-state index contributed by atoms with van der Waals surface area (Å²) in [7, 11) is 3.36. The van der Waals surface area contributed by atoms with Crippen molar-refractivity contribution in [2.24, 2.45) is 0 Å². The Morgan fingerprint density at radius 1 is 1.56 bits per heavy atom. The Labute approximate surface area is 95.0 Å². The summed E-state index contributed by atoms with van der Waals surface area (Å²) in [5, 5.41) is 0. The number of nitrogens with zero attached hydrogens (tertiary/aromatic N) is 2. The molecule has 5 nitrogen and oxygen atoms in total. The van der Waals surface area contributed by atoms with E-state index >= 15 is 0 Å². The van der Waals surface area contributed by atoms with E-state index in [1.165, 1.54) is 0 Å². The van der Waals surface area contributed by atoms with Gasteiger partial charge in [0.05, 0.1) is 13.7 Å². The minimum absolute atomic E-state index is 0.209. The van der Waals surface area contributed by atoms with Crippen molar-refractivity contribution in [3.63, 3.8) is 0 Å². The topological polar surface area (TPSA) is 51.7 Å². The normalized spacial score (nSPS) is 9.69. The minimum atomic E-state index is -0.249. The maximum Gasteiger partial charge on any atom is 0.325 e. The SMILES string of the molecule is CCOC(=O)CN(C)c1ccnc(OC)c1. The van der Waals surface area contributed by atoms with Crippen molar-refractivity contribution in [1.82, 2.24) is 4.98 Å². The molecular weight excluding hydrogens is 208 g/mol. The summed E-state index contributed by atoms with van der Waals surface area (Å²) in [5.41, 5.74) is 0.861. The second-order valence-corrected chi connectivity index (χ2v) is 3.22. The van der Waals surface area contributed by atoms with E-state index in [1.54, 1.807) is 31.2 Å². The molecule has 0 aliphatic heterocycles. The van der Waals surface area contributed by atoms with Crippen LogP contribution in [0.15, 0.2) is 18.3 Å². The smallest absolute Gasteiger partial charge is 0.325 e. The molecule has 0 fully saturated rings. The van der Waals surface area contributed by atoms with Crippen LogP contribution in [0.1, 0.15) is 6.92 Å². The van der Waals surface area contributed by atoms with Gasteiger partial charge in [-0.3, -0.25) is 4.79 Å². The predicted octanol–water partition coefficient (Wildman–Crippen LogP) is 1.09. The molecule has 0 aliphatic rings. The molecule has 1 aromatic rings. The molecule has 0 spiro atoms. The van der Waals surface area contributed by atoms with Crippen LogP contribution < -0.4 is 9.64 Å². The number of methoxy groups -OCH3 is 1. The summed E-state index contributed by atoms with van der Waals surface area (Å²) < 4.78 is 9.87. The highest BCUT2D eigenvalue weighted by Gasteiger charge is 2.08. The van der Waals surface area contributed by atoms with Crippen LogP contribution in [0.4, 0.5) is 5.69 Å². The standard InChI is InChI=1S/C11H16N2O3/c1-4-16-11(14)8-13(2)9-5-6-12-10(7-9)15-3/h5-7H,4,8H2,1-3H3. The fourth-order valence-corrected chi connectivity index (χ4v) is 1.24. The van der Waals surface area contributed by atoms with Crippen LogP contribution in [-0.2, 0) is 9.53 Å². The largest absolute Gasteiger partial charge is 0.481 e. The average molecular weight is 224 g/mol. The van der Waals surface area contributed by atoms with E-state index in [1.807, 2.05) is 13.1 Å². The highest BCUT2D eigenvalue weighted by molar-refractivity contribution is 5.75. The number of pyridine rings is 1. The molecule has 1 aromatic heterocycles. The van der Waals surface area contributed by atoms with Crippen LogP contribution in [0.5, 0.6) is 5.88 Å². The summed E-state index contributed by atoms with van der Waals surface area (Å²) in [6.45, 7) is 2.39. The van der Waals surface area contributed by atoms with Gasteiger partial charge in [-0.1, -0.05) is 0 Å². The molecule has 0 N–H and O–H groups in total. The van der Waals surface area contributed by atoms with E-state index in [0.29, 0.717) is 12.5 Å². The molecular formula is C11H16N2O3. The number of carbonyl (C=O) groups is 1. The maximum atomic E-state index is 11.3. The van der Waals surface area contributed by atoms with Gasteiger partial charge in [-0.15, -0.1) is 0 Å². The van der Waals surface area contributed by atoms with E-state index in [0.717, 1.165) is 5.69 Å². The van der Waals surface area contributed by atoms with Gasteiger partial charge in [0.2, 0.25) is 5.88 Å². The van der Waals surface area contributed by atoms with Gasteiger partial charge in [0.25, 0.3) is 0 Å². The third-order valence-electron chi connectivity index (χ3n) is 2.04. The number of rotatable bonds is 5. The summed E-state index contributed by atoms with van der Waals surface area (Å²) in [4.78, 5) is 17.0. The van der Waals surface area contributed by atoms with Gasteiger partial charge < -0.3 is 14.4 Å². The molecule has 0 unspecified atom stereocenters. The number of hydrogen-bond acceptors (Lipinski definition) is 5. The van der Waals surface area contributed by atoms with Crippen LogP contribution in [0.25, 0.3) is 0 Å². The molecule has 88 valence electrons. The fraction of sp³-hybridized carbons (Fsp3) is 0.455. The lowest BCUT2D eigenvalue weighted by atomic mass is 10.3. The van der Waals surface area contributed by atoms with Gasteiger partial charge in [0.1, 0.15) is 6.54 Å². The number of ether oxygens (including phenoxy) is 2. The summed E-state index contributed by atoms with van der Waals surface area (Å²) in [5.74, 6) is 0.272. The van der Waals surface area contributed by atoms with Crippen molar-refractivity contribution >= 4 is 11.7 Å². The molecule has 0 bridgehead atoms. The quantitative estimate of drug-likeness (QED) is 0.701. The molecule has 1 heterocycles. The number of carbonyl (C=O) groups excluding carboxylic acids is 1. The van der Waals surface area contributed by atoms with Crippen molar-refractivity contribution < 1.29 is 14.3 Å². The van der Waals surface area contributed by atoms with E-state index in [2.05, 4.69) is 4.98 Å². The second kappa shape index (κ2) is 5.95. The fourth-order valence-electron chi connectivity index (χ4n) is 1.24. The minimum Gasteiger partial charge on any atom is -0.481 e. The third kappa shape index (κ3) is 3.42. The maximum absolute atomic E-state index is 11.3. The lowest BCUT2D eigenvalue weighted by molar-refractivity contribution is -0.141. The van der Waals surface area contributed by atoms with E-state index in [9.17, 15) is 4.79 Å². The molecule has 0 atom stereocenters. The third-order valence-corrected chi connectivity index (χ3v) is 2.04. The monoisotopic (exact) mass is 224 g/mol. The zero-order valence-corrected chi connectivity index (χ0v) is 9.77. The van der Waals surface area contributed by atoms with Gasteiger partial charge in [0, 0.05) is 25.0 Å². The molecule has 16 heavy (non-hydrogen) atoms. The summed E-state index contributed by atoms with van der Waals surface area (Å²) in [6, 6.07) is 3.57. The van der Waals surface area contributed by atoms with Crippen LogP contribution >= 0.6 is 0 Å². The van der Waals surface area contributed by atoms with Crippen LogP contribution in [0, 0.1) is 0 Å². The van der Waals surface area contributed by atoms with Gasteiger partial charge in [-0.2, -0.15) is 0 Å². The zero-order chi connectivity index (χ0) is 12.0. The van der Waals surface area contributed by atoms with Crippen molar-refractivity contribution in [2.75, 3.05) is 32.2 Å². The average Bonchev–Trinajstić information content (AvgIpc) is 2.29. The Bertz CT molecular complexity index is 355. The van der Waals surface area contributed by atoms with Gasteiger partial charge in [-0.25, -0.2) is 4.98 Å². The molecule has 0 saturated carbocycles. The van der Waals surface area contributed by atoms with Gasteiger partial charge in [-0.05, 0) is 13.0 Å². The Morgan fingerprint density at radius 2 is 2.31 bits per heavy atom. The first-order valence-electron chi connectivity index (χ1n) is 5.04. The van der Waals surface area contributed by atoms with Crippen molar-refractivity contribution in [1.29, 1.82) is 0 Å². The van der Waals surface area contributed by atoms with Gasteiger partial charge >= 0.3 is 5.97 Å². The highest BCUT2D eigenvalue weighted by Crippen LogP contribution is 2.16. The first kappa shape index (κ1) is 12.3. The number of likely N-dealkylation sites (N-methyl/N-ethyl adjacent to an activating group) is 1. The van der Waals surface area contributed by atoms with E-state index in [4.69, 9.17) is 9.47 Å². The number of esters is 1. The van der Waals surface area contributed by atoms with Crippen molar-refractivity contribution in [3.05, 3.63) is 18.3 Å². The number of aromatic nitrogens is 1. The van der Waals surface area contributed by atoms with Crippen molar-refractivity contribution in [2.45, 2.75) is 6.92 Å². The van der Waals surface area contributed by atoms with Crippen LogP contribution in [0.3, 0.4) is 0 Å². The molecule has 5 heteroatoms. The van der Waals surface area contributed by atoms with Gasteiger partial charge in [0.15, 0.2) is 0 Å². The van der Waals surface area contributed by atoms with E-state index < -0.39 is 0 Å². The van der Waals surface area contributed by atoms with Crippen molar-refractivity contribution in [3.8, 4) is 5.88 Å². The first-order chi connectivity index (χ1) is 7.67. The summed E-state index contributed by atoms with van der Waals surface area (Å²) in [6.07, 6.45) is 1.63. The van der Waals surface area contributed by atoms with E-state index in [-0.39, 0.29) is 12.5 Å². The molecule has 0 aliphatic carbocycles. The number of anilines is 1. The highest BCUT2D eigenvalue weighted by atomic mass is 16.5. The first-order valence-corrected chi connectivity index (χ1v) is 5.04. The zero-order valence-electron chi connectivity index (χ0n) is 9.77.